The van der Waals surface area contributed by atoms with Crippen LogP contribution in [-0.4, -0.2) is 9.13 Å². The van der Waals surface area contributed by atoms with Crippen LogP contribution >= 0.6 is 0 Å². The summed E-state index contributed by atoms with van der Waals surface area (Å²) >= 11 is 0. The number of benzene rings is 9. The number of rotatable bonds is 4. The zero-order valence-electron chi connectivity index (χ0n) is 32.1. The number of nitrogens with zero attached hydrogens (tertiary/aromatic N) is 2. The first-order valence-corrected chi connectivity index (χ1v) is 17.6. The molecular weight excluding hydrogens is 629 g/mol. The van der Waals surface area contributed by atoms with Crippen LogP contribution in [0.3, 0.4) is 0 Å². The van der Waals surface area contributed by atoms with Gasteiger partial charge >= 0.3 is 0 Å². The van der Waals surface area contributed by atoms with Gasteiger partial charge in [0.15, 0.2) is 0 Å². The molecule has 0 amide bonds. The summed E-state index contributed by atoms with van der Waals surface area (Å²) in [6.45, 7) is 0. The van der Waals surface area contributed by atoms with E-state index < -0.39 is 0 Å². The Kier molecular flexibility index (Phi) is 5.46. The summed E-state index contributed by atoms with van der Waals surface area (Å²) in [4.78, 5) is 0. The second-order valence-electron chi connectivity index (χ2n) is 13.4. The van der Waals surface area contributed by atoms with E-state index in [2.05, 4.69) is 120 Å². The molecule has 0 saturated heterocycles. The van der Waals surface area contributed by atoms with Crippen LogP contribution < -0.4 is 0 Å². The number of hydrogen-bond acceptors (Lipinski definition) is 0. The monoisotopic (exact) mass is 664 g/mol. The van der Waals surface area contributed by atoms with E-state index in [0.717, 1.165) is 76.4 Å². The van der Waals surface area contributed by atoms with Crippen molar-refractivity contribution in [1.29, 1.82) is 0 Å². The van der Waals surface area contributed by atoms with Crippen molar-refractivity contribution >= 4 is 65.2 Å². The van der Waals surface area contributed by atoms with Gasteiger partial charge in [-0.25, -0.2) is 0 Å². The molecule has 0 saturated carbocycles. The van der Waals surface area contributed by atoms with Gasteiger partial charge in [0.25, 0.3) is 0 Å². The van der Waals surface area contributed by atoms with E-state index in [1.165, 1.54) is 5.56 Å². The van der Waals surface area contributed by atoms with E-state index in [0.29, 0.717) is 11.1 Å². The fourth-order valence-electron chi connectivity index (χ4n) is 8.26. The van der Waals surface area contributed by atoms with Gasteiger partial charge in [0.05, 0.1) is 33.2 Å². The number of aromatic nitrogens is 2. The van der Waals surface area contributed by atoms with Crippen molar-refractivity contribution < 1.29 is 5.48 Å². The molecule has 0 spiro atoms. The van der Waals surface area contributed by atoms with Crippen LogP contribution in [-0.2, 0) is 0 Å². The highest BCUT2D eigenvalue weighted by Gasteiger charge is 2.21. The summed E-state index contributed by atoms with van der Waals surface area (Å²) in [5.74, 6) is 0. The van der Waals surface area contributed by atoms with E-state index in [1.807, 2.05) is 59.2 Å². The molecule has 9 aromatic carbocycles. The fourth-order valence-corrected chi connectivity index (χ4v) is 8.26. The maximum Gasteiger partial charge on any atom is 0.0645 e. The van der Waals surface area contributed by atoms with Crippen LogP contribution in [0.25, 0.3) is 98.8 Å². The Morgan fingerprint density at radius 2 is 0.981 bits per heavy atom. The normalized spacial score (nSPS) is 12.9. The van der Waals surface area contributed by atoms with Gasteiger partial charge in [0.1, 0.15) is 0 Å². The number of hydrogen-bond donors (Lipinski definition) is 0. The van der Waals surface area contributed by atoms with Crippen molar-refractivity contribution in [1.82, 2.24) is 9.13 Å². The minimum absolute atomic E-state index is 0.0650. The molecule has 0 atom stereocenters. The third kappa shape index (κ3) is 4.25. The lowest BCUT2D eigenvalue weighted by molar-refractivity contribution is 1.17. The standard InChI is InChI=1S/C50H32N2/c1-3-13-33(14-4-1)34-23-26-37(27-24-34)51-45-22-12-11-21-42(45)43-31-44-49(32-48(43)51)52(47-29-25-36-17-7-8-18-39(36)50(44)47)46-30-28-38(35-15-5-2-6-16-35)40-19-9-10-20-41(40)46/h1-32H/i23D,24D,26D,27D. The average molecular weight is 665 g/mol. The quantitative estimate of drug-likeness (QED) is 0.177. The van der Waals surface area contributed by atoms with Gasteiger partial charge in [-0.3, -0.25) is 0 Å². The van der Waals surface area contributed by atoms with Crippen LogP contribution in [0, 0.1) is 0 Å². The molecule has 0 bridgehead atoms. The van der Waals surface area contributed by atoms with E-state index in [9.17, 15) is 5.48 Å². The van der Waals surface area contributed by atoms with Crippen molar-refractivity contribution in [2.45, 2.75) is 0 Å². The van der Waals surface area contributed by atoms with Gasteiger partial charge in [0.2, 0.25) is 0 Å². The molecule has 0 unspecified atom stereocenters. The smallest absolute Gasteiger partial charge is 0.0645 e. The second kappa shape index (κ2) is 11.3. The van der Waals surface area contributed by atoms with Gasteiger partial charge in [-0.1, -0.05) is 152 Å². The van der Waals surface area contributed by atoms with Gasteiger partial charge < -0.3 is 9.13 Å². The van der Waals surface area contributed by atoms with E-state index in [-0.39, 0.29) is 29.9 Å². The van der Waals surface area contributed by atoms with Crippen molar-refractivity contribution in [2.75, 3.05) is 0 Å². The average Bonchev–Trinajstić information content (AvgIpc) is 3.74. The summed E-state index contributed by atoms with van der Waals surface area (Å²) in [5, 5.41) is 8.82. The van der Waals surface area contributed by atoms with Gasteiger partial charge in [0, 0.05) is 32.6 Å². The zero-order chi connectivity index (χ0) is 37.7. The van der Waals surface area contributed by atoms with Crippen molar-refractivity contribution in [3.05, 3.63) is 194 Å². The Morgan fingerprint density at radius 3 is 1.77 bits per heavy atom. The molecular formula is C50H32N2. The molecule has 2 heteroatoms. The SMILES string of the molecule is [2H]c1c([2H])c(-n2c3ccccc3c3cc4c5c6ccccc6ccc5n(-c5ccc(-c6ccccc6)c6ccccc56)c4cc32)c([2H])c([2H])c1-c1ccccc1. The Bertz CT molecular complexity index is 3370. The first kappa shape index (κ1) is 25.1. The third-order valence-electron chi connectivity index (χ3n) is 10.6. The lowest BCUT2D eigenvalue weighted by atomic mass is 9.97. The molecule has 2 aromatic heterocycles. The maximum atomic E-state index is 9.43. The lowest BCUT2D eigenvalue weighted by Gasteiger charge is -2.15. The first-order valence-electron chi connectivity index (χ1n) is 19.6. The molecule has 2 nitrogen and oxygen atoms in total. The van der Waals surface area contributed by atoms with Gasteiger partial charge in [-0.2, -0.15) is 0 Å². The Labute approximate surface area is 306 Å². The van der Waals surface area contributed by atoms with Crippen LogP contribution in [0.15, 0.2) is 194 Å². The zero-order valence-corrected chi connectivity index (χ0v) is 28.1. The van der Waals surface area contributed by atoms with Gasteiger partial charge in [-0.05, 0) is 80.8 Å². The molecule has 11 aromatic rings. The Morgan fingerprint density at radius 1 is 0.346 bits per heavy atom. The first-order chi connectivity index (χ1) is 27.5. The molecule has 0 aliphatic rings. The highest BCUT2D eigenvalue weighted by Crippen LogP contribution is 2.43. The van der Waals surface area contributed by atoms with Crippen LogP contribution in [0.1, 0.15) is 5.48 Å². The summed E-state index contributed by atoms with van der Waals surface area (Å²) in [7, 11) is 0. The largest absolute Gasteiger partial charge is 0.309 e. The van der Waals surface area contributed by atoms with E-state index in [1.54, 1.807) is 0 Å². The highest BCUT2D eigenvalue weighted by molar-refractivity contribution is 6.25. The second-order valence-corrected chi connectivity index (χ2v) is 13.4. The minimum atomic E-state index is -0.0818. The summed E-state index contributed by atoms with van der Waals surface area (Å²) in [6.07, 6.45) is 0. The maximum absolute atomic E-state index is 9.43. The number of fused-ring (bicyclic) bond motifs is 9. The van der Waals surface area contributed by atoms with Crippen LogP contribution in [0.4, 0.5) is 0 Å². The Balaban J connectivity index is 1.29. The summed E-state index contributed by atoms with van der Waals surface area (Å²) in [6, 6.07) is 58.0. The molecule has 2 heterocycles. The lowest BCUT2D eigenvalue weighted by Crippen LogP contribution is -1.97. The summed E-state index contributed by atoms with van der Waals surface area (Å²) in [5.41, 5.74) is 8.26. The van der Waals surface area contributed by atoms with Gasteiger partial charge in [-0.15, -0.1) is 0 Å². The van der Waals surface area contributed by atoms with E-state index in [4.69, 9.17) is 0 Å². The minimum Gasteiger partial charge on any atom is -0.309 e. The topological polar surface area (TPSA) is 9.86 Å². The van der Waals surface area contributed by atoms with Crippen LogP contribution in [0.2, 0.25) is 0 Å². The molecule has 52 heavy (non-hydrogen) atoms. The molecule has 242 valence electrons. The molecule has 0 N–H and O–H groups in total. The van der Waals surface area contributed by atoms with Crippen molar-refractivity contribution in [3.8, 4) is 33.6 Å². The molecule has 0 aliphatic heterocycles. The van der Waals surface area contributed by atoms with Crippen molar-refractivity contribution in [3.63, 3.8) is 0 Å². The van der Waals surface area contributed by atoms with E-state index >= 15 is 0 Å². The van der Waals surface area contributed by atoms with Crippen LogP contribution in [0.5, 0.6) is 0 Å². The molecule has 0 radical (unpaired) electrons. The predicted molar refractivity (Wildman–Crippen MR) is 221 cm³/mol. The summed E-state index contributed by atoms with van der Waals surface area (Å²) < 4.78 is 41.6. The highest BCUT2D eigenvalue weighted by atomic mass is 15.0. The molecule has 11 rings (SSSR count). The molecule has 0 aliphatic carbocycles. The third-order valence-corrected chi connectivity index (χ3v) is 10.6. The Hall–Kier alpha value is -6.90. The number of para-hydroxylation sites is 1. The predicted octanol–water partition coefficient (Wildman–Crippen LogP) is 13.5. The fraction of sp³-hybridized carbons (Fsp3) is 0. The van der Waals surface area contributed by atoms with Crippen molar-refractivity contribution in [2.24, 2.45) is 0 Å². The molecule has 0 fully saturated rings.